The van der Waals surface area contributed by atoms with Crippen molar-refractivity contribution in [1.29, 1.82) is 0 Å². The van der Waals surface area contributed by atoms with Crippen LogP contribution in [0.3, 0.4) is 0 Å². The van der Waals surface area contributed by atoms with Crippen molar-refractivity contribution in [2.75, 3.05) is 5.32 Å². The summed E-state index contributed by atoms with van der Waals surface area (Å²) in [4.78, 5) is 21.1. The van der Waals surface area contributed by atoms with Gasteiger partial charge in [-0.15, -0.1) is 0 Å². The molecule has 0 atom stereocenters. The SMILES string of the molecule is Cc1cccc(CSc2ncc(Cl)c(C(=O)Nc3ccccc3C)n2)c1. The topological polar surface area (TPSA) is 54.9 Å². The normalized spacial score (nSPS) is 10.6. The minimum Gasteiger partial charge on any atom is -0.320 e. The minimum atomic E-state index is -0.343. The number of nitrogens with one attached hydrogen (secondary N) is 1. The molecule has 26 heavy (non-hydrogen) atoms. The number of halogens is 1. The van der Waals surface area contributed by atoms with Crippen LogP contribution in [-0.4, -0.2) is 15.9 Å². The van der Waals surface area contributed by atoms with Crippen molar-refractivity contribution in [1.82, 2.24) is 9.97 Å². The number of nitrogens with zero attached hydrogens (tertiary/aromatic N) is 2. The van der Waals surface area contributed by atoms with Crippen LogP contribution in [0.25, 0.3) is 0 Å². The lowest BCUT2D eigenvalue weighted by Gasteiger charge is -2.09. The number of thioether (sulfide) groups is 1. The van der Waals surface area contributed by atoms with E-state index in [0.717, 1.165) is 17.0 Å². The predicted molar refractivity (Wildman–Crippen MR) is 107 cm³/mol. The molecule has 1 amide bonds. The summed E-state index contributed by atoms with van der Waals surface area (Å²) in [5.74, 6) is 0.381. The zero-order valence-electron chi connectivity index (χ0n) is 14.5. The number of aromatic nitrogens is 2. The first-order valence-electron chi connectivity index (χ1n) is 8.11. The number of hydrogen-bond acceptors (Lipinski definition) is 4. The summed E-state index contributed by atoms with van der Waals surface area (Å²) in [6, 6.07) is 15.8. The first-order valence-corrected chi connectivity index (χ1v) is 9.47. The number of rotatable bonds is 5. The van der Waals surface area contributed by atoms with E-state index in [2.05, 4.69) is 40.4 Å². The Labute approximate surface area is 162 Å². The fraction of sp³-hybridized carbons (Fsp3) is 0.150. The maximum atomic E-state index is 12.6. The fourth-order valence-corrected chi connectivity index (χ4v) is 3.36. The quantitative estimate of drug-likeness (QED) is 0.480. The van der Waals surface area contributed by atoms with E-state index in [1.54, 1.807) is 0 Å². The third-order valence-electron chi connectivity index (χ3n) is 3.78. The molecular formula is C20H18ClN3OS. The monoisotopic (exact) mass is 383 g/mol. The first-order chi connectivity index (χ1) is 12.5. The molecule has 2 aromatic carbocycles. The third kappa shape index (κ3) is 4.62. The van der Waals surface area contributed by atoms with E-state index in [1.807, 2.05) is 37.3 Å². The molecule has 1 aromatic heterocycles. The summed E-state index contributed by atoms with van der Waals surface area (Å²) in [5.41, 5.74) is 4.27. The van der Waals surface area contributed by atoms with E-state index in [1.165, 1.54) is 29.1 Å². The lowest BCUT2D eigenvalue weighted by atomic mass is 10.2. The maximum absolute atomic E-state index is 12.6. The highest BCUT2D eigenvalue weighted by atomic mass is 35.5. The molecule has 3 rings (SSSR count). The van der Waals surface area contributed by atoms with Crippen LogP contribution in [-0.2, 0) is 5.75 Å². The largest absolute Gasteiger partial charge is 0.320 e. The Hall–Kier alpha value is -2.37. The summed E-state index contributed by atoms with van der Waals surface area (Å²) < 4.78 is 0. The highest BCUT2D eigenvalue weighted by Crippen LogP contribution is 2.23. The molecule has 0 aliphatic rings. The molecule has 6 heteroatoms. The molecule has 0 aliphatic heterocycles. The van der Waals surface area contributed by atoms with Gasteiger partial charge in [0.15, 0.2) is 10.9 Å². The molecular weight excluding hydrogens is 366 g/mol. The second-order valence-corrected chi connectivity index (χ2v) is 7.25. The average molecular weight is 384 g/mol. The molecule has 132 valence electrons. The predicted octanol–water partition coefficient (Wildman–Crippen LogP) is 5.29. The Bertz CT molecular complexity index is 946. The standard InChI is InChI=1S/C20H18ClN3OS/c1-13-6-5-8-15(10-13)12-26-20-22-11-16(21)18(24-20)19(25)23-17-9-4-3-7-14(17)2/h3-11H,12H2,1-2H3,(H,23,25). The fourth-order valence-electron chi connectivity index (χ4n) is 2.42. The van der Waals surface area contributed by atoms with Gasteiger partial charge in [-0.25, -0.2) is 9.97 Å². The van der Waals surface area contributed by atoms with Gasteiger partial charge in [0.05, 0.1) is 11.2 Å². The van der Waals surface area contributed by atoms with Crippen molar-refractivity contribution in [2.24, 2.45) is 0 Å². The molecule has 1 heterocycles. The van der Waals surface area contributed by atoms with Crippen LogP contribution < -0.4 is 5.32 Å². The number of carbonyl (C=O) groups is 1. The van der Waals surface area contributed by atoms with Gasteiger partial charge in [-0.2, -0.15) is 0 Å². The summed E-state index contributed by atoms with van der Waals surface area (Å²) in [7, 11) is 0. The molecule has 0 bridgehead atoms. The molecule has 4 nitrogen and oxygen atoms in total. The summed E-state index contributed by atoms with van der Waals surface area (Å²) in [5, 5.41) is 3.60. The van der Waals surface area contributed by atoms with Crippen LogP contribution in [0, 0.1) is 13.8 Å². The Balaban J connectivity index is 1.74. The molecule has 0 spiro atoms. The van der Waals surface area contributed by atoms with Crippen LogP contribution in [0.5, 0.6) is 0 Å². The summed E-state index contributed by atoms with van der Waals surface area (Å²) >= 11 is 7.61. The molecule has 0 aliphatic carbocycles. The van der Waals surface area contributed by atoms with Gasteiger partial charge in [0, 0.05) is 11.4 Å². The number of anilines is 1. The zero-order chi connectivity index (χ0) is 18.5. The number of aryl methyl sites for hydroxylation is 2. The first kappa shape index (κ1) is 18.4. The van der Waals surface area contributed by atoms with Crippen LogP contribution >= 0.6 is 23.4 Å². The third-order valence-corrected chi connectivity index (χ3v) is 4.99. The molecule has 3 aromatic rings. The molecule has 0 saturated heterocycles. The lowest BCUT2D eigenvalue weighted by Crippen LogP contribution is -2.15. The Morgan fingerprint density at radius 3 is 2.73 bits per heavy atom. The van der Waals surface area contributed by atoms with Crippen molar-refractivity contribution in [3.63, 3.8) is 0 Å². The number of amides is 1. The average Bonchev–Trinajstić information content (AvgIpc) is 2.63. The Morgan fingerprint density at radius 1 is 1.15 bits per heavy atom. The van der Waals surface area contributed by atoms with E-state index in [-0.39, 0.29) is 16.6 Å². The van der Waals surface area contributed by atoms with Crippen molar-refractivity contribution in [2.45, 2.75) is 24.8 Å². The van der Waals surface area contributed by atoms with Crippen molar-refractivity contribution < 1.29 is 4.79 Å². The van der Waals surface area contributed by atoms with Crippen molar-refractivity contribution in [3.05, 3.63) is 82.1 Å². The molecule has 0 saturated carbocycles. The molecule has 0 unspecified atom stereocenters. The Morgan fingerprint density at radius 2 is 1.96 bits per heavy atom. The highest BCUT2D eigenvalue weighted by molar-refractivity contribution is 7.98. The number of benzene rings is 2. The number of para-hydroxylation sites is 1. The van der Waals surface area contributed by atoms with Crippen LogP contribution in [0.1, 0.15) is 27.2 Å². The van der Waals surface area contributed by atoms with E-state index in [9.17, 15) is 4.79 Å². The van der Waals surface area contributed by atoms with Gasteiger partial charge in [0.2, 0.25) is 0 Å². The summed E-state index contributed by atoms with van der Waals surface area (Å²) in [6.07, 6.45) is 1.47. The highest BCUT2D eigenvalue weighted by Gasteiger charge is 2.15. The minimum absolute atomic E-state index is 0.177. The van der Waals surface area contributed by atoms with Gasteiger partial charge >= 0.3 is 0 Å². The van der Waals surface area contributed by atoms with E-state index in [4.69, 9.17) is 11.6 Å². The lowest BCUT2D eigenvalue weighted by molar-refractivity contribution is 0.102. The second-order valence-electron chi connectivity index (χ2n) is 5.90. The molecule has 1 N–H and O–H groups in total. The van der Waals surface area contributed by atoms with Crippen LogP contribution in [0.4, 0.5) is 5.69 Å². The summed E-state index contributed by atoms with van der Waals surface area (Å²) in [6.45, 7) is 3.99. The number of carbonyl (C=O) groups excluding carboxylic acids is 1. The Kier molecular flexibility index (Phi) is 5.91. The van der Waals surface area contributed by atoms with Gasteiger partial charge in [-0.05, 0) is 31.0 Å². The number of hydrogen-bond donors (Lipinski definition) is 1. The second kappa shape index (κ2) is 8.34. The molecule has 0 radical (unpaired) electrons. The van der Waals surface area contributed by atoms with Gasteiger partial charge in [-0.3, -0.25) is 4.79 Å². The zero-order valence-corrected chi connectivity index (χ0v) is 16.1. The van der Waals surface area contributed by atoms with Gasteiger partial charge in [0.25, 0.3) is 5.91 Å². The van der Waals surface area contributed by atoms with Crippen LogP contribution in [0.15, 0.2) is 59.9 Å². The smallest absolute Gasteiger partial charge is 0.275 e. The van der Waals surface area contributed by atoms with Crippen molar-refractivity contribution >= 4 is 35.0 Å². The van der Waals surface area contributed by atoms with Gasteiger partial charge in [0.1, 0.15) is 0 Å². The van der Waals surface area contributed by atoms with Gasteiger partial charge in [-0.1, -0.05) is 71.4 Å². The van der Waals surface area contributed by atoms with Gasteiger partial charge < -0.3 is 5.32 Å². The maximum Gasteiger partial charge on any atom is 0.275 e. The van der Waals surface area contributed by atoms with Crippen LogP contribution in [0.2, 0.25) is 5.02 Å². The molecule has 0 fully saturated rings. The van der Waals surface area contributed by atoms with E-state index in [0.29, 0.717) is 5.16 Å². The van der Waals surface area contributed by atoms with E-state index < -0.39 is 0 Å². The van der Waals surface area contributed by atoms with E-state index >= 15 is 0 Å². The van der Waals surface area contributed by atoms with Crippen molar-refractivity contribution in [3.8, 4) is 0 Å².